The maximum absolute atomic E-state index is 11.5. The fourth-order valence-corrected chi connectivity index (χ4v) is 1.80. The molecule has 0 aliphatic carbocycles. The topological polar surface area (TPSA) is 76.4 Å². The van der Waals surface area contributed by atoms with Crippen LogP contribution in [-0.2, 0) is 17.6 Å². The zero-order valence-corrected chi connectivity index (χ0v) is 11.1. The molecule has 1 aromatic rings. The van der Waals surface area contributed by atoms with E-state index in [1.54, 1.807) is 14.2 Å². The van der Waals surface area contributed by atoms with E-state index >= 15 is 0 Å². The smallest absolute Gasteiger partial charge is 0.251 e. The van der Waals surface area contributed by atoms with Crippen LogP contribution in [0.5, 0.6) is 5.75 Å². The maximum Gasteiger partial charge on any atom is 0.251 e. The molecule has 0 saturated heterocycles. The standard InChI is InChI=1S/C13H21N3O2/c1-4-10-7-9(5-6-12(10)18-3)8-11(14)13(17)16-15-2/h5-7,11,15H,4,8,14H2,1-3H3,(H,16,17). The van der Waals surface area contributed by atoms with Crippen molar-refractivity contribution >= 4 is 5.91 Å². The second-order valence-corrected chi connectivity index (χ2v) is 4.05. The summed E-state index contributed by atoms with van der Waals surface area (Å²) in [4.78, 5) is 11.5. The molecule has 100 valence electrons. The van der Waals surface area contributed by atoms with Crippen LogP contribution in [-0.4, -0.2) is 26.1 Å². The Kier molecular flexibility index (Phi) is 5.61. The third-order valence-electron chi connectivity index (χ3n) is 2.77. The molecule has 1 amide bonds. The van der Waals surface area contributed by atoms with Crippen LogP contribution in [0.4, 0.5) is 0 Å². The fraction of sp³-hybridized carbons (Fsp3) is 0.462. The highest BCUT2D eigenvalue weighted by Crippen LogP contribution is 2.20. The van der Waals surface area contributed by atoms with Gasteiger partial charge in [-0.25, -0.2) is 5.43 Å². The summed E-state index contributed by atoms with van der Waals surface area (Å²) in [7, 11) is 3.29. The summed E-state index contributed by atoms with van der Waals surface area (Å²) in [5, 5.41) is 0. The lowest BCUT2D eigenvalue weighted by molar-refractivity contribution is -0.123. The van der Waals surface area contributed by atoms with Gasteiger partial charge in [0.1, 0.15) is 5.75 Å². The summed E-state index contributed by atoms with van der Waals surface area (Å²) in [5.41, 5.74) is 13.0. The van der Waals surface area contributed by atoms with E-state index in [0.29, 0.717) is 6.42 Å². The lowest BCUT2D eigenvalue weighted by atomic mass is 10.0. The van der Waals surface area contributed by atoms with E-state index in [-0.39, 0.29) is 5.91 Å². The van der Waals surface area contributed by atoms with Gasteiger partial charge in [0.25, 0.3) is 5.91 Å². The summed E-state index contributed by atoms with van der Waals surface area (Å²) >= 11 is 0. The maximum atomic E-state index is 11.5. The van der Waals surface area contributed by atoms with Crippen molar-refractivity contribution < 1.29 is 9.53 Å². The van der Waals surface area contributed by atoms with Crippen LogP contribution in [0.15, 0.2) is 18.2 Å². The summed E-state index contributed by atoms with van der Waals surface area (Å²) in [6, 6.07) is 5.32. The molecule has 0 spiro atoms. The van der Waals surface area contributed by atoms with Gasteiger partial charge in [-0.1, -0.05) is 19.1 Å². The van der Waals surface area contributed by atoms with Crippen LogP contribution in [0.1, 0.15) is 18.1 Å². The molecule has 4 N–H and O–H groups in total. The number of benzene rings is 1. The molecular formula is C13H21N3O2. The molecule has 5 nitrogen and oxygen atoms in total. The summed E-state index contributed by atoms with van der Waals surface area (Å²) in [6.07, 6.45) is 1.39. The molecule has 0 saturated carbocycles. The predicted octanol–water partition coefficient (Wildman–Crippen LogP) is 0.378. The van der Waals surface area contributed by atoms with Crippen molar-refractivity contribution in [3.05, 3.63) is 29.3 Å². The van der Waals surface area contributed by atoms with Gasteiger partial charge in [0.2, 0.25) is 0 Å². The minimum atomic E-state index is -0.560. The molecule has 5 heteroatoms. The number of methoxy groups -OCH3 is 1. The van der Waals surface area contributed by atoms with Crippen molar-refractivity contribution in [2.75, 3.05) is 14.2 Å². The van der Waals surface area contributed by atoms with Gasteiger partial charge in [-0.3, -0.25) is 10.2 Å². The van der Waals surface area contributed by atoms with Gasteiger partial charge < -0.3 is 10.5 Å². The van der Waals surface area contributed by atoms with Gasteiger partial charge in [-0.05, 0) is 30.0 Å². The Hall–Kier alpha value is -1.59. The number of hydrogen-bond donors (Lipinski definition) is 3. The van der Waals surface area contributed by atoms with Crippen LogP contribution >= 0.6 is 0 Å². The molecule has 0 aliphatic heterocycles. The zero-order valence-electron chi connectivity index (χ0n) is 11.1. The number of hydrogen-bond acceptors (Lipinski definition) is 4. The molecule has 0 aliphatic rings. The van der Waals surface area contributed by atoms with Gasteiger partial charge in [0.05, 0.1) is 13.2 Å². The molecule has 18 heavy (non-hydrogen) atoms. The lowest BCUT2D eigenvalue weighted by Crippen LogP contribution is -2.46. The van der Waals surface area contributed by atoms with E-state index in [9.17, 15) is 4.79 Å². The third-order valence-corrected chi connectivity index (χ3v) is 2.77. The van der Waals surface area contributed by atoms with Crippen molar-refractivity contribution in [3.8, 4) is 5.75 Å². The summed E-state index contributed by atoms with van der Waals surface area (Å²) in [6.45, 7) is 2.06. The van der Waals surface area contributed by atoms with Crippen LogP contribution < -0.4 is 21.3 Å². The zero-order chi connectivity index (χ0) is 13.5. The van der Waals surface area contributed by atoms with Gasteiger partial charge >= 0.3 is 0 Å². The van der Waals surface area contributed by atoms with Crippen molar-refractivity contribution in [2.24, 2.45) is 5.73 Å². The first kappa shape index (κ1) is 14.5. The Morgan fingerprint density at radius 3 is 2.78 bits per heavy atom. The molecule has 1 atom stereocenters. The minimum absolute atomic E-state index is 0.216. The number of nitrogens with one attached hydrogen (secondary N) is 2. The first-order chi connectivity index (χ1) is 8.62. The number of hydrazine groups is 1. The van der Waals surface area contributed by atoms with Crippen LogP contribution in [0.25, 0.3) is 0 Å². The van der Waals surface area contributed by atoms with E-state index in [1.165, 1.54) is 0 Å². The normalized spacial score (nSPS) is 12.0. The Morgan fingerprint density at radius 1 is 1.50 bits per heavy atom. The van der Waals surface area contributed by atoms with Crippen LogP contribution in [0, 0.1) is 0 Å². The van der Waals surface area contributed by atoms with Crippen LogP contribution in [0.2, 0.25) is 0 Å². The van der Waals surface area contributed by atoms with E-state index < -0.39 is 6.04 Å². The van der Waals surface area contributed by atoms with E-state index in [2.05, 4.69) is 17.8 Å². The van der Waals surface area contributed by atoms with Crippen LogP contribution in [0.3, 0.4) is 0 Å². The van der Waals surface area contributed by atoms with Crippen molar-refractivity contribution in [3.63, 3.8) is 0 Å². The number of carbonyl (C=O) groups is 1. The number of rotatable bonds is 6. The Labute approximate surface area is 108 Å². The third kappa shape index (κ3) is 3.72. The number of carbonyl (C=O) groups excluding carboxylic acids is 1. The van der Waals surface area contributed by atoms with Gasteiger partial charge in [0, 0.05) is 7.05 Å². The van der Waals surface area contributed by atoms with Gasteiger partial charge in [-0.2, -0.15) is 0 Å². The summed E-state index contributed by atoms with van der Waals surface area (Å²) < 4.78 is 5.26. The highest BCUT2D eigenvalue weighted by Gasteiger charge is 2.14. The Balaban J connectivity index is 2.76. The van der Waals surface area contributed by atoms with Gasteiger partial charge in [-0.15, -0.1) is 0 Å². The van der Waals surface area contributed by atoms with Crippen molar-refractivity contribution in [1.82, 2.24) is 10.9 Å². The van der Waals surface area contributed by atoms with E-state index in [0.717, 1.165) is 23.3 Å². The monoisotopic (exact) mass is 251 g/mol. The largest absolute Gasteiger partial charge is 0.496 e. The number of amides is 1. The minimum Gasteiger partial charge on any atom is -0.496 e. The molecule has 1 unspecified atom stereocenters. The molecular weight excluding hydrogens is 230 g/mol. The highest BCUT2D eigenvalue weighted by atomic mass is 16.5. The second-order valence-electron chi connectivity index (χ2n) is 4.05. The number of nitrogens with two attached hydrogens (primary N) is 1. The molecule has 0 bridgehead atoms. The first-order valence-corrected chi connectivity index (χ1v) is 6.00. The average Bonchev–Trinajstić information content (AvgIpc) is 2.38. The molecule has 0 radical (unpaired) electrons. The number of aryl methyl sites for hydroxylation is 1. The highest BCUT2D eigenvalue weighted by molar-refractivity contribution is 5.81. The molecule has 0 fully saturated rings. The molecule has 1 rings (SSSR count). The Bertz CT molecular complexity index is 407. The van der Waals surface area contributed by atoms with Crippen molar-refractivity contribution in [1.29, 1.82) is 0 Å². The van der Waals surface area contributed by atoms with E-state index in [4.69, 9.17) is 10.5 Å². The second kappa shape index (κ2) is 6.98. The lowest BCUT2D eigenvalue weighted by Gasteiger charge is -2.13. The first-order valence-electron chi connectivity index (χ1n) is 6.00. The molecule has 1 aromatic carbocycles. The average molecular weight is 251 g/mol. The van der Waals surface area contributed by atoms with E-state index in [1.807, 2.05) is 18.2 Å². The number of ether oxygens (including phenoxy) is 1. The quantitative estimate of drug-likeness (QED) is 0.639. The fourth-order valence-electron chi connectivity index (χ4n) is 1.80. The van der Waals surface area contributed by atoms with Crippen molar-refractivity contribution in [2.45, 2.75) is 25.8 Å². The van der Waals surface area contributed by atoms with Gasteiger partial charge in [0.15, 0.2) is 0 Å². The SMILES string of the molecule is CCc1cc(CC(N)C(=O)NNC)ccc1OC. The molecule has 0 heterocycles. The Morgan fingerprint density at radius 2 is 2.22 bits per heavy atom. The predicted molar refractivity (Wildman–Crippen MR) is 71.3 cm³/mol. The summed E-state index contributed by atoms with van der Waals surface area (Å²) in [5.74, 6) is 0.654. The molecule has 0 aromatic heterocycles.